The molecule has 0 spiro atoms. The molecule has 0 radical (unpaired) electrons. The summed E-state index contributed by atoms with van der Waals surface area (Å²) in [5.41, 5.74) is 2.17. The lowest BCUT2D eigenvalue weighted by Gasteiger charge is -2.32. The maximum absolute atomic E-state index is 13.1. The number of piperazine rings is 1. The number of aromatic nitrogens is 2. The number of anilines is 2. The van der Waals surface area contributed by atoms with E-state index in [-0.39, 0.29) is 11.8 Å². The number of carbonyl (C=O) groups is 2. The molecule has 10 heteroatoms. The summed E-state index contributed by atoms with van der Waals surface area (Å²) in [5.74, 6) is 0.889. The van der Waals surface area contributed by atoms with Gasteiger partial charge in [-0.3, -0.25) is 9.59 Å². The number of amides is 2. The van der Waals surface area contributed by atoms with E-state index in [9.17, 15) is 9.59 Å². The van der Waals surface area contributed by atoms with Crippen molar-refractivity contribution in [2.45, 2.75) is 26.7 Å². The number of rotatable bonds is 10. The Morgan fingerprint density at radius 2 is 1.92 bits per heavy atom. The van der Waals surface area contributed by atoms with Crippen molar-refractivity contribution in [3.05, 3.63) is 53.2 Å². The fraction of sp³-hybridized carbons (Fsp3) is 0.407. The van der Waals surface area contributed by atoms with Crippen LogP contribution in [0.1, 0.15) is 47.5 Å². The molecule has 1 aliphatic heterocycles. The number of nitrogens with zero attached hydrogens (tertiary/aromatic N) is 4. The molecule has 2 aromatic heterocycles. The third-order valence-electron chi connectivity index (χ3n) is 6.15. The van der Waals surface area contributed by atoms with E-state index < -0.39 is 0 Å². The molecular formula is C27H34N6O3S. The average molecular weight is 523 g/mol. The maximum Gasteiger partial charge on any atom is 0.275 e. The van der Waals surface area contributed by atoms with Crippen LogP contribution in [-0.2, 0) is 0 Å². The Kier molecular flexibility index (Phi) is 9.08. The van der Waals surface area contributed by atoms with E-state index in [0.29, 0.717) is 42.4 Å². The average Bonchev–Trinajstić information content (AvgIpc) is 3.41. The van der Waals surface area contributed by atoms with E-state index in [1.807, 2.05) is 31.0 Å². The van der Waals surface area contributed by atoms with Gasteiger partial charge in [-0.1, -0.05) is 13.3 Å². The number of benzene rings is 1. The molecule has 196 valence electrons. The highest BCUT2D eigenvalue weighted by atomic mass is 32.1. The Balaban J connectivity index is 1.49. The zero-order valence-electron chi connectivity index (χ0n) is 21.6. The number of pyridine rings is 1. The third-order valence-corrected chi connectivity index (χ3v) is 7.04. The van der Waals surface area contributed by atoms with Gasteiger partial charge in [-0.15, -0.1) is 11.3 Å². The molecule has 3 aromatic rings. The first kappa shape index (κ1) is 26.6. The Hall–Kier alpha value is -3.50. The van der Waals surface area contributed by atoms with Crippen molar-refractivity contribution in [3.63, 3.8) is 0 Å². The maximum atomic E-state index is 13.1. The molecule has 2 N–H and O–H groups in total. The Morgan fingerprint density at radius 3 is 2.68 bits per heavy atom. The SMILES string of the molecule is CCCCNc1cc(-c2nc(C(=O)Nc3cc(C(=O)N4CCN(C)CC4)ccc3OCC)cs2)ccn1. The quantitative estimate of drug-likeness (QED) is 0.379. The number of thiazole rings is 1. The van der Waals surface area contributed by atoms with Crippen LogP contribution in [0.2, 0.25) is 0 Å². The Morgan fingerprint density at radius 1 is 1.11 bits per heavy atom. The van der Waals surface area contributed by atoms with Gasteiger partial charge >= 0.3 is 0 Å². The number of hydrogen-bond acceptors (Lipinski definition) is 8. The van der Waals surface area contributed by atoms with Crippen molar-refractivity contribution in [3.8, 4) is 16.3 Å². The monoisotopic (exact) mass is 522 g/mol. The summed E-state index contributed by atoms with van der Waals surface area (Å²) in [6.45, 7) is 8.35. The highest BCUT2D eigenvalue weighted by molar-refractivity contribution is 7.13. The number of unbranched alkanes of at least 4 members (excludes halogenated alkanes) is 1. The van der Waals surface area contributed by atoms with Gasteiger partial charge in [-0.25, -0.2) is 9.97 Å². The summed E-state index contributed by atoms with van der Waals surface area (Å²) < 4.78 is 5.72. The molecule has 0 atom stereocenters. The molecule has 1 aliphatic rings. The largest absolute Gasteiger partial charge is 0.492 e. The van der Waals surface area contributed by atoms with E-state index in [4.69, 9.17) is 4.74 Å². The van der Waals surface area contributed by atoms with Crippen molar-refractivity contribution in [2.75, 3.05) is 57.0 Å². The van der Waals surface area contributed by atoms with Gasteiger partial charge in [0.1, 0.15) is 22.3 Å². The zero-order chi connectivity index (χ0) is 26.2. The molecule has 1 saturated heterocycles. The fourth-order valence-corrected chi connectivity index (χ4v) is 4.78. The normalized spacial score (nSPS) is 13.9. The lowest BCUT2D eigenvalue weighted by Crippen LogP contribution is -2.47. The van der Waals surface area contributed by atoms with E-state index in [1.165, 1.54) is 11.3 Å². The lowest BCUT2D eigenvalue weighted by atomic mass is 10.1. The van der Waals surface area contributed by atoms with Crippen LogP contribution >= 0.6 is 11.3 Å². The fourth-order valence-electron chi connectivity index (χ4n) is 3.98. The van der Waals surface area contributed by atoms with Crippen LogP contribution in [0, 0.1) is 0 Å². The second-order valence-corrected chi connectivity index (χ2v) is 9.80. The molecule has 0 aliphatic carbocycles. The minimum absolute atomic E-state index is 0.0522. The smallest absolute Gasteiger partial charge is 0.275 e. The molecule has 0 saturated carbocycles. The van der Waals surface area contributed by atoms with Crippen LogP contribution in [-0.4, -0.2) is 78.0 Å². The van der Waals surface area contributed by atoms with Crippen molar-refractivity contribution >= 4 is 34.7 Å². The van der Waals surface area contributed by atoms with Crippen LogP contribution in [0.5, 0.6) is 5.75 Å². The number of hydrogen-bond donors (Lipinski definition) is 2. The number of ether oxygens (including phenoxy) is 1. The van der Waals surface area contributed by atoms with Gasteiger partial charge in [0.15, 0.2) is 0 Å². The molecular weight excluding hydrogens is 488 g/mol. The number of likely N-dealkylation sites (N-methyl/N-ethyl adjacent to an activating group) is 1. The Bertz CT molecular complexity index is 1220. The summed E-state index contributed by atoms with van der Waals surface area (Å²) >= 11 is 1.40. The first-order valence-corrected chi connectivity index (χ1v) is 13.6. The highest BCUT2D eigenvalue weighted by Crippen LogP contribution is 2.29. The van der Waals surface area contributed by atoms with Crippen molar-refractivity contribution in [1.29, 1.82) is 0 Å². The van der Waals surface area contributed by atoms with E-state index in [1.54, 1.807) is 29.8 Å². The minimum atomic E-state index is -0.358. The minimum Gasteiger partial charge on any atom is -0.492 e. The summed E-state index contributed by atoms with van der Waals surface area (Å²) in [6.07, 6.45) is 3.91. The number of carbonyl (C=O) groups excluding carboxylic acids is 2. The van der Waals surface area contributed by atoms with Gasteiger partial charge in [0.2, 0.25) is 0 Å². The van der Waals surface area contributed by atoms with Crippen LogP contribution in [0.15, 0.2) is 41.9 Å². The van der Waals surface area contributed by atoms with Gasteiger partial charge in [-0.2, -0.15) is 0 Å². The molecule has 0 unspecified atom stereocenters. The Labute approximate surface area is 221 Å². The van der Waals surface area contributed by atoms with Crippen LogP contribution in [0.4, 0.5) is 11.5 Å². The predicted molar refractivity (Wildman–Crippen MR) is 148 cm³/mol. The number of nitrogens with one attached hydrogen (secondary N) is 2. The standard InChI is InChI=1S/C27H34N6O3S/c1-4-6-10-28-24-17-19(9-11-29-24)26-31-22(18-37-26)25(34)30-21-16-20(7-8-23(21)36-5-2)27(35)33-14-12-32(3)13-15-33/h7-9,11,16-18H,4-6,10,12-15H2,1-3H3,(H,28,29)(H,30,34). The molecule has 4 rings (SSSR count). The van der Waals surface area contributed by atoms with Gasteiger partial charge in [0, 0.05) is 55.4 Å². The van der Waals surface area contributed by atoms with Crippen LogP contribution in [0.3, 0.4) is 0 Å². The zero-order valence-corrected chi connectivity index (χ0v) is 22.4. The van der Waals surface area contributed by atoms with Crippen LogP contribution in [0.25, 0.3) is 10.6 Å². The topological polar surface area (TPSA) is 99.7 Å². The van der Waals surface area contributed by atoms with Gasteiger partial charge < -0.3 is 25.2 Å². The van der Waals surface area contributed by atoms with Crippen molar-refractivity contribution in [2.24, 2.45) is 0 Å². The summed E-state index contributed by atoms with van der Waals surface area (Å²) in [5, 5.41) is 8.68. The first-order chi connectivity index (χ1) is 18.0. The van der Waals surface area contributed by atoms with Gasteiger partial charge in [0.05, 0.1) is 12.3 Å². The van der Waals surface area contributed by atoms with Crippen LogP contribution < -0.4 is 15.4 Å². The first-order valence-electron chi connectivity index (χ1n) is 12.7. The molecule has 3 heterocycles. The molecule has 37 heavy (non-hydrogen) atoms. The highest BCUT2D eigenvalue weighted by Gasteiger charge is 2.22. The molecule has 2 amide bonds. The molecule has 9 nitrogen and oxygen atoms in total. The molecule has 1 fully saturated rings. The van der Waals surface area contributed by atoms with Crippen molar-refractivity contribution < 1.29 is 14.3 Å². The van der Waals surface area contributed by atoms with Gasteiger partial charge in [-0.05, 0) is 50.7 Å². The van der Waals surface area contributed by atoms with E-state index in [0.717, 1.165) is 48.9 Å². The van der Waals surface area contributed by atoms with Crippen molar-refractivity contribution in [1.82, 2.24) is 19.8 Å². The second-order valence-electron chi connectivity index (χ2n) is 8.94. The second kappa shape index (κ2) is 12.6. The van der Waals surface area contributed by atoms with E-state index in [2.05, 4.69) is 32.4 Å². The lowest BCUT2D eigenvalue weighted by molar-refractivity contribution is 0.0664. The summed E-state index contributed by atoms with van der Waals surface area (Å²) in [6, 6.07) is 8.99. The summed E-state index contributed by atoms with van der Waals surface area (Å²) in [7, 11) is 2.05. The van der Waals surface area contributed by atoms with E-state index >= 15 is 0 Å². The van der Waals surface area contributed by atoms with Gasteiger partial charge in [0.25, 0.3) is 11.8 Å². The molecule has 0 bridgehead atoms. The third kappa shape index (κ3) is 6.84. The summed E-state index contributed by atoms with van der Waals surface area (Å²) in [4.78, 5) is 39.2. The molecule has 1 aromatic carbocycles. The predicted octanol–water partition coefficient (Wildman–Crippen LogP) is 4.46.